The minimum atomic E-state index is -0.331. The summed E-state index contributed by atoms with van der Waals surface area (Å²) in [5.74, 6) is 0.0366. The van der Waals surface area contributed by atoms with Crippen molar-refractivity contribution in [3.05, 3.63) is 30.2 Å². The molecule has 2 N–H and O–H groups in total. The van der Waals surface area contributed by atoms with Crippen molar-refractivity contribution >= 4 is 17.6 Å². The van der Waals surface area contributed by atoms with E-state index in [-0.39, 0.29) is 18.4 Å². The number of H-pyrrole nitrogens is 1. The van der Waals surface area contributed by atoms with Crippen LogP contribution in [0.4, 0.5) is 5.82 Å². The van der Waals surface area contributed by atoms with Crippen molar-refractivity contribution in [1.82, 2.24) is 24.9 Å². The van der Waals surface area contributed by atoms with Crippen LogP contribution in [0.25, 0.3) is 0 Å². The number of anilines is 1. The zero-order chi connectivity index (χ0) is 15.4. The van der Waals surface area contributed by atoms with Gasteiger partial charge in [0.2, 0.25) is 5.91 Å². The fraction of sp³-hybridized carbons (Fsp3) is 0.385. The second-order valence-electron chi connectivity index (χ2n) is 4.82. The highest BCUT2D eigenvalue weighted by Gasteiger charge is 2.17. The molecule has 0 atom stereocenters. The van der Waals surface area contributed by atoms with Crippen molar-refractivity contribution < 1.29 is 14.3 Å². The zero-order valence-electron chi connectivity index (χ0n) is 11.9. The van der Waals surface area contributed by atoms with E-state index in [0.29, 0.717) is 37.8 Å². The molecule has 0 aromatic carbocycles. The normalized spacial score (nSPS) is 14.8. The van der Waals surface area contributed by atoms with E-state index in [2.05, 4.69) is 20.6 Å². The number of rotatable bonds is 4. The summed E-state index contributed by atoms with van der Waals surface area (Å²) in [4.78, 5) is 25.7. The molecule has 1 saturated heterocycles. The minimum Gasteiger partial charge on any atom is -0.378 e. The molecule has 1 aliphatic rings. The van der Waals surface area contributed by atoms with Gasteiger partial charge in [0.25, 0.3) is 5.91 Å². The van der Waals surface area contributed by atoms with Crippen LogP contribution in [0, 0.1) is 0 Å². The molecule has 1 fully saturated rings. The third kappa shape index (κ3) is 3.31. The first-order valence-corrected chi connectivity index (χ1v) is 6.92. The number of amides is 2. The van der Waals surface area contributed by atoms with E-state index in [1.165, 1.54) is 10.9 Å². The van der Waals surface area contributed by atoms with Gasteiger partial charge in [-0.2, -0.15) is 10.2 Å². The molecule has 0 spiro atoms. The first-order valence-electron chi connectivity index (χ1n) is 6.92. The van der Waals surface area contributed by atoms with Crippen LogP contribution in [0.15, 0.2) is 24.5 Å². The van der Waals surface area contributed by atoms with Crippen LogP contribution in [0.2, 0.25) is 0 Å². The fourth-order valence-corrected chi connectivity index (χ4v) is 2.13. The maximum atomic E-state index is 12.1. The van der Waals surface area contributed by atoms with Gasteiger partial charge in [0.1, 0.15) is 12.2 Å². The molecule has 22 heavy (non-hydrogen) atoms. The van der Waals surface area contributed by atoms with Crippen LogP contribution in [-0.4, -0.2) is 63.0 Å². The number of nitrogens with one attached hydrogen (secondary N) is 2. The summed E-state index contributed by atoms with van der Waals surface area (Å²) in [6, 6.07) is 3.20. The smallest absolute Gasteiger partial charge is 0.274 e. The summed E-state index contributed by atoms with van der Waals surface area (Å²) in [5.41, 5.74) is 0.346. The Morgan fingerprint density at radius 2 is 2.14 bits per heavy atom. The molecule has 2 aromatic heterocycles. The number of hydrogen-bond donors (Lipinski definition) is 2. The summed E-state index contributed by atoms with van der Waals surface area (Å²) in [6.45, 7) is 2.47. The summed E-state index contributed by atoms with van der Waals surface area (Å²) in [6.07, 6.45) is 3.15. The average Bonchev–Trinajstić information content (AvgIpc) is 3.20. The predicted molar refractivity (Wildman–Crippen MR) is 76.2 cm³/mol. The predicted octanol–water partition coefficient (Wildman–Crippen LogP) is -0.283. The maximum Gasteiger partial charge on any atom is 0.274 e. The standard InChI is InChI=1S/C13H16N6O3/c20-12(18-5-7-22-8-6-18)9-19-4-2-11(17-19)15-13(21)10-1-3-14-16-10/h1-4H,5-9H2,(H,14,16)(H,15,17,21). The number of ether oxygens (including phenoxy) is 1. The molecule has 0 radical (unpaired) electrons. The summed E-state index contributed by atoms with van der Waals surface area (Å²) < 4.78 is 6.71. The highest BCUT2D eigenvalue weighted by Crippen LogP contribution is 2.06. The zero-order valence-corrected chi connectivity index (χ0v) is 11.9. The van der Waals surface area contributed by atoms with E-state index in [1.807, 2.05) is 0 Å². The maximum absolute atomic E-state index is 12.1. The number of carbonyl (C=O) groups is 2. The Balaban J connectivity index is 1.56. The van der Waals surface area contributed by atoms with Crippen LogP contribution in [-0.2, 0) is 16.1 Å². The van der Waals surface area contributed by atoms with Crippen molar-refractivity contribution in [1.29, 1.82) is 0 Å². The second-order valence-corrected chi connectivity index (χ2v) is 4.82. The third-order valence-corrected chi connectivity index (χ3v) is 3.29. The lowest BCUT2D eigenvalue weighted by Gasteiger charge is -2.26. The van der Waals surface area contributed by atoms with Crippen LogP contribution < -0.4 is 5.32 Å². The van der Waals surface area contributed by atoms with E-state index in [0.717, 1.165) is 0 Å². The molecule has 3 heterocycles. The van der Waals surface area contributed by atoms with Gasteiger partial charge in [0, 0.05) is 31.5 Å². The summed E-state index contributed by atoms with van der Waals surface area (Å²) in [7, 11) is 0. The molecular formula is C13H16N6O3. The first-order chi connectivity index (χ1) is 10.7. The molecule has 0 unspecified atom stereocenters. The molecular weight excluding hydrogens is 288 g/mol. The lowest BCUT2D eigenvalue weighted by Crippen LogP contribution is -2.42. The second kappa shape index (κ2) is 6.39. The Kier molecular flexibility index (Phi) is 4.15. The van der Waals surface area contributed by atoms with Gasteiger partial charge >= 0.3 is 0 Å². The fourth-order valence-electron chi connectivity index (χ4n) is 2.13. The Morgan fingerprint density at radius 1 is 1.32 bits per heavy atom. The van der Waals surface area contributed by atoms with Gasteiger partial charge in [-0.15, -0.1) is 0 Å². The average molecular weight is 304 g/mol. The summed E-state index contributed by atoms with van der Waals surface area (Å²) >= 11 is 0. The highest BCUT2D eigenvalue weighted by atomic mass is 16.5. The largest absolute Gasteiger partial charge is 0.378 e. The van der Waals surface area contributed by atoms with Gasteiger partial charge < -0.3 is 15.0 Å². The Hall–Kier alpha value is -2.68. The van der Waals surface area contributed by atoms with Gasteiger partial charge in [-0.05, 0) is 6.07 Å². The molecule has 2 amide bonds. The van der Waals surface area contributed by atoms with E-state index in [9.17, 15) is 9.59 Å². The lowest BCUT2D eigenvalue weighted by atomic mass is 10.4. The molecule has 1 aliphatic heterocycles. The van der Waals surface area contributed by atoms with Crippen LogP contribution in [0.1, 0.15) is 10.5 Å². The molecule has 0 bridgehead atoms. The van der Waals surface area contributed by atoms with E-state index in [4.69, 9.17) is 4.74 Å². The van der Waals surface area contributed by atoms with Crippen molar-refractivity contribution in [2.45, 2.75) is 6.54 Å². The van der Waals surface area contributed by atoms with Crippen LogP contribution in [0.5, 0.6) is 0 Å². The number of aromatic nitrogens is 4. The lowest BCUT2D eigenvalue weighted by molar-refractivity contribution is -0.136. The Bertz CT molecular complexity index is 645. The molecule has 2 aromatic rings. The van der Waals surface area contributed by atoms with Crippen LogP contribution >= 0.6 is 0 Å². The van der Waals surface area contributed by atoms with Gasteiger partial charge in [0.15, 0.2) is 5.82 Å². The molecule has 3 rings (SSSR count). The topological polar surface area (TPSA) is 105 Å². The van der Waals surface area contributed by atoms with E-state index >= 15 is 0 Å². The van der Waals surface area contributed by atoms with Crippen molar-refractivity contribution in [3.63, 3.8) is 0 Å². The van der Waals surface area contributed by atoms with Crippen molar-refractivity contribution in [2.24, 2.45) is 0 Å². The van der Waals surface area contributed by atoms with Gasteiger partial charge in [-0.1, -0.05) is 0 Å². The number of aromatic amines is 1. The molecule has 0 aliphatic carbocycles. The Labute approximate surface area is 126 Å². The van der Waals surface area contributed by atoms with Gasteiger partial charge in [-0.25, -0.2) is 0 Å². The number of nitrogens with zero attached hydrogens (tertiary/aromatic N) is 4. The SMILES string of the molecule is O=C(Nc1ccn(CC(=O)N2CCOCC2)n1)c1ccn[nH]1. The Morgan fingerprint density at radius 3 is 2.86 bits per heavy atom. The van der Waals surface area contributed by atoms with Gasteiger partial charge in [0.05, 0.1) is 13.2 Å². The van der Waals surface area contributed by atoms with Crippen LogP contribution in [0.3, 0.4) is 0 Å². The van der Waals surface area contributed by atoms with E-state index in [1.54, 1.807) is 23.2 Å². The molecule has 9 heteroatoms. The number of morpholine rings is 1. The van der Waals surface area contributed by atoms with Crippen molar-refractivity contribution in [2.75, 3.05) is 31.6 Å². The third-order valence-electron chi connectivity index (χ3n) is 3.29. The highest BCUT2D eigenvalue weighted by molar-refractivity contribution is 6.02. The van der Waals surface area contributed by atoms with E-state index < -0.39 is 0 Å². The first kappa shape index (κ1) is 14.3. The van der Waals surface area contributed by atoms with Crippen molar-refractivity contribution in [3.8, 4) is 0 Å². The monoisotopic (exact) mass is 304 g/mol. The molecule has 9 nitrogen and oxygen atoms in total. The quantitative estimate of drug-likeness (QED) is 0.808. The van der Waals surface area contributed by atoms with Gasteiger partial charge in [-0.3, -0.25) is 19.4 Å². The number of carbonyl (C=O) groups excluding carboxylic acids is 2. The molecule has 116 valence electrons. The molecule has 0 saturated carbocycles. The minimum absolute atomic E-state index is 0.0159. The number of hydrogen-bond acceptors (Lipinski definition) is 5. The summed E-state index contributed by atoms with van der Waals surface area (Å²) in [5, 5.41) is 13.1.